The SMILES string of the molecule is [C-]#[N+]C1(O)CNC1. The van der Waals surface area contributed by atoms with Gasteiger partial charge in [-0.2, -0.15) is 0 Å². The molecule has 0 aromatic rings. The van der Waals surface area contributed by atoms with Crippen molar-refractivity contribution in [2.24, 2.45) is 0 Å². The number of rotatable bonds is 0. The second-order valence-electron chi connectivity index (χ2n) is 1.70. The van der Waals surface area contributed by atoms with Gasteiger partial charge in [0.1, 0.15) is 13.1 Å². The molecule has 0 unspecified atom stereocenters. The van der Waals surface area contributed by atoms with E-state index in [-0.39, 0.29) is 0 Å². The average molecular weight is 98.1 g/mol. The number of aliphatic hydroxyl groups is 1. The van der Waals surface area contributed by atoms with Crippen molar-refractivity contribution in [1.29, 1.82) is 0 Å². The van der Waals surface area contributed by atoms with Crippen LogP contribution in [0.4, 0.5) is 0 Å². The summed E-state index contributed by atoms with van der Waals surface area (Å²) in [5.41, 5.74) is -1.06. The zero-order chi connectivity index (χ0) is 5.33. The Morgan fingerprint density at radius 3 is 2.29 bits per heavy atom. The summed E-state index contributed by atoms with van der Waals surface area (Å²) in [6.45, 7) is 7.25. The number of hydrogen-bond donors (Lipinski definition) is 2. The average Bonchev–Trinajstić information content (AvgIpc) is 1.61. The number of nitrogens with one attached hydrogen (secondary N) is 1. The van der Waals surface area contributed by atoms with Gasteiger partial charge in [-0.25, -0.2) is 6.57 Å². The second kappa shape index (κ2) is 1.19. The third kappa shape index (κ3) is 0.581. The van der Waals surface area contributed by atoms with Crippen LogP contribution in [0, 0.1) is 6.57 Å². The molecule has 1 heterocycles. The Morgan fingerprint density at radius 1 is 1.71 bits per heavy atom. The Kier molecular flexibility index (Phi) is 0.775. The van der Waals surface area contributed by atoms with E-state index >= 15 is 0 Å². The third-order valence-electron chi connectivity index (χ3n) is 1.02. The van der Waals surface area contributed by atoms with Gasteiger partial charge >= 0.3 is 5.72 Å². The van der Waals surface area contributed by atoms with Crippen LogP contribution >= 0.6 is 0 Å². The Hall–Kier alpha value is -0.590. The van der Waals surface area contributed by atoms with Crippen LogP contribution < -0.4 is 5.32 Å². The van der Waals surface area contributed by atoms with Gasteiger partial charge in [-0.3, -0.25) is 10.2 Å². The summed E-state index contributed by atoms with van der Waals surface area (Å²) >= 11 is 0. The molecule has 1 aliphatic heterocycles. The summed E-state index contributed by atoms with van der Waals surface area (Å²) in [6, 6.07) is 0. The zero-order valence-electron chi connectivity index (χ0n) is 3.81. The lowest BCUT2D eigenvalue weighted by Gasteiger charge is -2.24. The van der Waals surface area contributed by atoms with E-state index in [0.717, 1.165) is 0 Å². The van der Waals surface area contributed by atoms with E-state index in [2.05, 4.69) is 10.2 Å². The van der Waals surface area contributed by atoms with Crippen molar-refractivity contribution in [2.45, 2.75) is 5.72 Å². The summed E-state index contributed by atoms with van der Waals surface area (Å²) in [6.07, 6.45) is 0. The highest BCUT2D eigenvalue weighted by Gasteiger charge is 2.40. The predicted octanol–water partition coefficient (Wildman–Crippen LogP) is -0.803. The lowest BCUT2D eigenvalue weighted by molar-refractivity contribution is 0.0350. The van der Waals surface area contributed by atoms with Crippen molar-refractivity contribution < 1.29 is 5.11 Å². The molecule has 1 rings (SSSR count). The van der Waals surface area contributed by atoms with Gasteiger partial charge in [0.15, 0.2) is 0 Å². The van der Waals surface area contributed by atoms with Crippen LogP contribution in [0.5, 0.6) is 0 Å². The smallest absolute Gasteiger partial charge is 0.322 e. The molecule has 0 saturated carbocycles. The van der Waals surface area contributed by atoms with E-state index < -0.39 is 5.72 Å². The monoisotopic (exact) mass is 98.0 g/mol. The molecule has 0 radical (unpaired) electrons. The fourth-order valence-corrected chi connectivity index (χ4v) is 0.428. The molecule has 0 spiro atoms. The standard InChI is InChI=1S/C4H6N2O/c1-5-4(7)2-6-3-4/h6-7H,2-3H2. The Labute approximate surface area is 41.8 Å². The highest BCUT2D eigenvalue weighted by molar-refractivity contribution is 4.99. The molecular weight excluding hydrogens is 92.1 g/mol. The number of β-amino-alcohol motifs (C(OH)–C–C–N with tert-alkyl or cyclic N) is 1. The van der Waals surface area contributed by atoms with E-state index in [9.17, 15) is 0 Å². The highest BCUT2D eigenvalue weighted by Crippen LogP contribution is 2.09. The molecule has 38 valence electrons. The van der Waals surface area contributed by atoms with Crippen molar-refractivity contribution in [1.82, 2.24) is 5.32 Å². The topological polar surface area (TPSA) is 36.6 Å². The van der Waals surface area contributed by atoms with Gasteiger partial charge in [-0.1, -0.05) is 0 Å². The molecule has 0 aromatic carbocycles. The van der Waals surface area contributed by atoms with Crippen molar-refractivity contribution >= 4 is 0 Å². The van der Waals surface area contributed by atoms with Crippen LogP contribution in [-0.2, 0) is 0 Å². The Morgan fingerprint density at radius 2 is 2.29 bits per heavy atom. The first kappa shape index (κ1) is 4.57. The maximum Gasteiger partial charge on any atom is 0.359 e. The van der Waals surface area contributed by atoms with Gasteiger partial charge in [0.2, 0.25) is 0 Å². The lowest BCUT2D eigenvalue weighted by Crippen LogP contribution is -2.56. The number of hydrogen-bond acceptors (Lipinski definition) is 2. The Balaban J connectivity index is 2.48. The number of nitrogens with zero attached hydrogens (tertiary/aromatic N) is 1. The minimum Gasteiger partial charge on any atom is -0.322 e. The van der Waals surface area contributed by atoms with Crippen LogP contribution in [0.25, 0.3) is 4.85 Å². The Bertz CT molecular complexity index is 111. The maximum atomic E-state index is 8.80. The quantitative estimate of drug-likeness (QED) is 0.389. The maximum absolute atomic E-state index is 8.80. The van der Waals surface area contributed by atoms with Crippen LogP contribution in [0.2, 0.25) is 0 Å². The molecule has 0 amide bonds. The van der Waals surface area contributed by atoms with Crippen LogP contribution in [0.1, 0.15) is 0 Å². The molecule has 1 aliphatic rings. The predicted molar refractivity (Wildman–Crippen MR) is 24.4 cm³/mol. The van der Waals surface area contributed by atoms with E-state index in [1.165, 1.54) is 0 Å². The summed E-state index contributed by atoms with van der Waals surface area (Å²) in [5, 5.41) is 11.6. The minimum absolute atomic E-state index is 0.427. The molecule has 2 N–H and O–H groups in total. The molecule has 1 fully saturated rings. The lowest BCUT2D eigenvalue weighted by atomic mass is 10.1. The molecule has 3 nitrogen and oxygen atoms in total. The van der Waals surface area contributed by atoms with Crippen LogP contribution in [0.3, 0.4) is 0 Å². The van der Waals surface area contributed by atoms with Gasteiger partial charge in [-0.05, 0) is 0 Å². The first-order valence-electron chi connectivity index (χ1n) is 2.09. The van der Waals surface area contributed by atoms with Gasteiger partial charge in [0, 0.05) is 0 Å². The molecule has 1 saturated heterocycles. The minimum atomic E-state index is -1.06. The molecule has 3 heteroatoms. The van der Waals surface area contributed by atoms with Gasteiger partial charge < -0.3 is 5.11 Å². The van der Waals surface area contributed by atoms with E-state index in [4.69, 9.17) is 11.7 Å². The van der Waals surface area contributed by atoms with Gasteiger partial charge in [0.05, 0.1) is 0 Å². The summed E-state index contributed by atoms with van der Waals surface area (Å²) in [7, 11) is 0. The second-order valence-corrected chi connectivity index (χ2v) is 1.70. The molecule has 0 aliphatic carbocycles. The van der Waals surface area contributed by atoms with Crippen molar-refractivity contribution in [3.8, 4) is 0 Å². The summed E-state index contributed by atoms with van der Waals surface area (Å²) in [5.74, 6) is 0. The van der Waals surface area contributed by atoms with E-state index in [1.807, 2.05) is 0 Å². The summed E-state index contributed by atoms with van der Waals surface area (Å²) in [4.78, 5) is 2.97. The van der Waals surface area contributed by atoms with Crippen molar-refractivity contribution in [3.05, 3.63) is 11.4 Å². The first-order chi connectivity index (χ1) is 3.27. The van der Waals surface area contributed by atoms with E-state index in [1.54, 1.807) is 0 Å². The molecular formula is C4H6N2O. The molecule has 0 aromatic heterocycles. The fraction of sp³-hybridized carbons (Fsp3) is 0.750. The van der Waals surface area contributed by atoms with Gasteiger partial charge in [-0.15, -0.1) is 0 Å². The first-order valence-corrected chi connectivity index (χ1v) is 2.09. The van der Waals surface area contributed by atoms with Crippen LogP contribution in [0.15, 0.2) is 0 Å². The molecule has 7 heavy (non-hydrogen) atoms. The van der Waals surface area contributed by atoms with Gasteiger partial charge in [0.25, 0.3) is 0 Å². The highest BCUT2D eigenvalue weighted by atomic mass is 16.3. The normalized spacial score (nSPS) is 25.1. The molecule has 0 bridgehead atoms. The zero-order valence-corrected chi connectivity index (χ0v) is 3.81. The third-order valence-corrected chi connectivity index (χ3v) is 1.02. The van der Waals surface area contributed by atoms with Crippen molar-refractivity contribution in [3.63, 3.8) is 0 Å². The summed E-state index contributed by atoms with van der Waals surface area (Å²) < 4.78 is 0. The van der Waals surface area contributed by atoms with E-state index in [0.29, 0.717) is 13.1 Å². The fourth-order valence-electron chi connectivity index (χ4n) is 0.428. The largest absolute Gasteiger partial charge is 0.359 e. The van der Waals surface area contributed by atoms with Crippen molar-refractivity contribution in [2.75, 3.05) is 13.1 Å². The molecule has 0 atom stereocenters. The van der Waals surface area contributed by atoms with Crippen LogP contribution in [-0.4, -0.2) is 23.9 Å².